The maximum absolute atomic E-state index is 9.63. The van der Waals surface area contributed by atoms with Crippen LogP contribution >= 0.6 is 23.4 Å². The maximum Gasteiger partial charge on any atom is 0.165 e. The van der Waals surface area contributed by atoms with Crippen molar-refractivity contribution in [1.82, 2.24) is 19.5 Å². The minimum atomic E-state index is -0.662. The van der Waals surface area contributed by atoms with E-state index >= 15 is 0 Å². The monoisotopic (exact) mass is 342 g/mol. The molecule has 118 valence electrons. The molecule has 0 unspecified atom stereocenters. The van der Waals surface area contributed by atoms with Gasteiger partial charge in [-0.05, 0) is 13.8 Å². The Morgan fingerprint density at radius 2 is 2.09 bits per heavy atom. The molecule has 0 saturated carbocycles. The number of fused-ring (bicyclic) bond motifs is 2. The Morgan fingerprint density at radius 1 is 1.32 bits per heavy atom. The predicted molar refractivity (Wildman–Crippen MR) is 81.7 cm³/mol. The van der Waals surface area contributed by atoms with E-state index in [0.29, 0.717) is 16.3 Å². The predicted octanol–water partition coefficient (Wildman–Crippen LogP) is 1.61. The van der Waals surface area contributed by atoms with Gasteiger partial charge in [0.05, 0.1) is 18.2 Å². The second-order valence-corrected chi connectivity index (χ2v) is 7.52. The van der Waals surface area contributed by atoms with Gasteiger partial charge in [0, 0.05) is 0 Å². The summed E-state index contributed by atoms with van der Waals surface area (Å²) in [4.78, 5) is 12.5. The van der Waals surface area contributed by atoms with Crippen molar-refractivity contribution in [3.05, 3.63) is 17.8 Å². The van der Waals surface area contributed by atoms with Crippen LogP contribution in [-0.2, 0) is 9.47 Å². The Balaban J connectivity index is 1.77. The lowest BCUT2D eigenvalue weighted by molar-refractivity contribution is -0.149. The highest BCUT2D eigenvalue weighted by atomic mass is 35.5. The van der Waals surface area contributed by atoms with Crippen LogP contribution in [0.2, 0.25) is 5.15 Å². The first-order chi connectivity index (χ1) is 10.5. The summed E-state index contributed by atoms with van der Waals surface area (Å²) in [5.74, 6) is -0.662. The van der Waals surface area contributed by atoms with Crippen LogP contribution in [0.1, 0.15) is 19.2 Å². The van der Waals surface area contributed by atoms with Crippen LogP contribution < -0.4 is 0 Å². The van der Waals surface area contributed by atoms with Gasteiger partial charge in [-0.25, -0.2) is 15.0 Å². The molecule has 2 aromatic heterocycles. The van der Waals surface area contributed by atoms with Gasteiger partial charge in [0.1, 0.15) is 29.4 Å². The fraction of sp³-hybridized carbons (Fsp3) is 0.615. The third-order valence-electron chi connectivity index (χ3n) is 3.89. The molecule has 4 heterocycles. The van der Waals surface area contributed by atoms with Crippen LogP contribution in [0.25, 0.3) is 11.2 Å². The Hall–Kier alpha value is -0.930. The molecule has 22 heavy (non-hydrogen) atoms. The quantitative estimate of drug-likeness (QED) is 0.830. The van der Waals surface area contributed by atoms with Gasteiger partial charge >= 0.3 is 0 Å². The SMILES string of the molecule is CC1(C)O[C@@H]2[C@H](O1)[C@@H](CO)S[C@H]2n1cnc2c(Cl)ncnc21. The summed E-state index contributed by atoms with van der Waals surface area (Å²) in [6.07, 6.45) is 2.77. The van der Waals surface area contributed by atoms with Crippen molar-refractivity contribution in [3.8, 4) is 0 Å². The van der Waals surface area contributed by atoms with Crippen LogP contribution in [-0.4, -0.2) is 54.5 Å². The summed E-state index contributed by atoms with van der Waals surface area (Å²) in [7, 11) is 0. The number of nitrogens with zero attached hydrogens (tertiary/aromatic N) is 4. The third kappa shape index (κ3) is 2.13. The summed E-state index contributed by atoms with van der Waals surface area (Å²) in [6.45, 7) is 3.79. The summed E-state index contributed by atoms with van der Waals surface area (Å²) >= 11 is 7.66. The molecule has 7 nitrogen and oxygen atoms in total. The fourth-order valence-corrected chi connectivity index (χ4v) is 4.68. The maximum atomic E-state index is 9.63. The van der Waals surface area contributed by atoms with E-state index in [9.17, 15) is 5.11 Å². The molecule has 4 rings (SSSR count). The zero-order valence-electron chi connectivity index (χ0n) is 12.0. The number of halogens is 1. The molecule has 2 aliphatic rings. The van der Waals surface area contributed by atoms with Gasteiger partial charge < -0.3 is 14.6 Å². The molecule has 2 fully saturated rings. The Bertz CT molecular complexity index is 724. The standard InChI is InChI=1S/C13H15ClN4O3S/c1-13(2)20-8-6(3-19)22-12(9(8)21-13)18-5-17-7-10(14)15-4-16-11(7)18/h4-6,8-9,12,19H,3H2,1-2H3/t6-,8-,9-,12-/m1/s1. The topological polar surface area (TPSA) is 82.3 Å². The average molecular weight is 343 g/mol. The molecular formula is C13H15ClN4O3S. The lowest BCUT2D eigenvalue weighted by Crippen LogP contribution is -2.30. The summed E-state index contributed by atoms with van der Waals surface area (Å²) in [6, 6.07) is 0. The van der Waals surface area contributed by atoms with Crippen molar-refractivity contribution in [1.29, 1.82) is 0 Å². The van der Waals surface area contributed by atoms with Crippen molar-refractivity contribution in [2.45, 2.75) is 42.5 Å². The molecule has 0 bridgehead atoms. The minimum absolute atomic E-state index is 0.0319. The van der Waals surface area contributed by atoms with Crippen LogP contribution in [0.4, 0.5) is 0 Å². The van der Waals surface area contributed by atoms with E-state index in [4.69, 9.17) is 21.1 Å². The lowest BCUT2D eigenvalue weighted by Gasteiger charge is -2.23. The average Bonchev–Trinajstić information content (AvgIpc) is 3.10. The molecule has 9 heteroatoms. The van der Waals surface area contributed by atoms with Crippen LogP contribution in [0, 0.1) is 0 Å². The zero-order valence-corrected chi connectivity index (χ0v) is 13.6. The molecule has 0 aromatic carbocycles. The van der Waals surface area contributed by atoms with E-state index in [-0.39, 0.29) is 29.4 Å². The number of imidazole rings is 1. The first kappa shape index (κ1) is 14.6. The lowest BCUT2D eigenvalue weighted by atomic mass is 10.1. The Kier molecular flexibility index (Phi) is 3.35. The molecule has 2 aliphatic heterocycles. The highest BCUT2D eigenvalue weighted by Crippen LogP contribution is 2.51. The number of ether oxygens (including phenoxy) is 2. The van der Waals surface area contributed by atoms with E-state index in [1.807, 2.05) is 18.4 Å². The molecule has 0 aliphatic carbocycles. The van der Waals surface area contributed by atoms with Gasteiger partial charge in [-0.15, -0.1) is 11.8 Å². The van der Waals surface area contributed by atoms with E-state index in [0.717, 1.165) is 0 Å². The van der Waals surface area contributed by atoms with Gasteiger partial charge in [0.25, 0.3) is 0 Å². The largest absolute Gasteiger partial charge is 0.395 e. The number of aromatic nitrogens is 4. The first-order valence-electron chi connectivity index (χ1n) is 6.95. The van der Waals surface area contributed by atoms with E-state index in [1.165, 1.54) is 6.33 Å². The number of thioether (sulfide) groups is 1. The van der Waals surface area contributed by atoms with Crippen molar-refractivity contribution in [2.75, 3.05) is 6.61 Å². The van der Waals surface area contributed by atoms with E-state index in [2.05, 4.69) is 15.0 Å². The molecule has 0 amide bonds. The van der Waals surface area contributed by atoms with E-state index in [1.54, 1.807) is 18.1 Å². The minimum Gasteiger partial charge on any atom is -0.395 e. The van der Waals surface area contributed by atoms with Crippen LogP contribution in [0.15, 0.2) is 12.7 Å². The van der Waals surface area contributed by atoms with E-state index < -0.39 is 5.79 Å². The van der Waals surface area contributed by atoms with Gasteiger partial charge in [0.15, 0.2) is 16.6 Å². The number of aliphatic hydroxyl groups excluding tert-OH is 1. The number of hydrogen-bond donors (Lipinski definition) is 1. The third-order valence-corrected chi connectivity index (χ3v) is 5.71. The second-order valence-electron chi connectivity index (χ2n) is 5.80. The normalized spacial score (nSPS) is 33.5. The smallest absolute Gasteiger partial charge is 0.165 e. The van der Waals surface area contributed by atoms with Gasteiger partial charge in [-0.2, -0.15) is 0 Å². The molecule has 2 saturated heterocycles. The Morgan fingerprint density at radius 3 is 2.86 bits per heavy atom. The second kappa shape index (κ2) is 5.04. The molecule has 0 radical (unpaired) electrons. The fourth-order valence-electron chi connectivity index (χ4n) is 3.04. The number of hydrogen-bond acceptors (Lipinski definition) is 7. The van der Waals surface area contributed by atoms with Crippen LogP contribution in [0.5, 0.6) is 0 Å². The Labute approximate surface area is 136 Å². The number of aliphatic hydroxyl groups is 1. The molecule has 1 N–H and O–H groups in total. The summed E-state index contributed by atoms with van der Waals surface area (Å²) < 4.78 is 13.9. The summed E-state index contributed by atoms with van der Waals surface area (Å²) in [5.41, 5.74) is 1.22. The molecule has 0 spiro atoms. The highest BCUT2D eigenvalue weighted by Gasteiger charge is 2.55. The van der Waals surface area contributed by atoms with Gasteiger partial charge in [-0.3, -0.25) is 4.57 Å². The van der Waals surface area contributed by atoms with Gasteiger partial charge in [0.2, 0.25) is 0 Å². The summed E-state index contributed by atoms with van der Waals surface area (Å²) in [5, 5.41) is 9.82. The van der Waals surface area contributed by atoms with Crippen molar-refractivity contribution < 1.29 is 14.6 Å². The number of rotatable bonds is 2. The molecule has 4 atom stereocenters. The van der Waals surface area contributed by atoms with Crippen molar-refractivity contribution >= 4 is 34.5 Å². The van der Waals surface area contributed by atoms with Gasteiger partial charge in [-0.1, -0.05) is 11.6 Å². The molecular weight excluding hydrogens is 328 g/mol. The zero-order chi connectivity index (χ0) is 15.5. The first-order valence-corrected chi connectivity index (χ1v) is 8.27. The highest BCUT2D eigenvalue weighted by molar-refractivity contribution is 8.00. The molecule has 2 aromatic rings. The van der Waals surface area contributed by atoms with Crippen LogP contribution in [0.3, 0.4) is 0 Å². The van der Waals surface area contributed by atoms with Crippen molar-refractivity contribution in [3.63, 3.8) is 0 Å². The van der Waals surface area contributed by atoms with Crippen molar-refractivity contribution in [2.24, 2.45) is 0 Å².